The number of amides is 2. The monoisotopic (exact) mass is 310 g/mol. The fourth-order valence-corrected chi connectivity index (χ4v) is 2.38. The number of rotatable bonds is 3. The zero-order valence-corrected chi connectivity index (χ0v) is 13.1. The van der Waals surface area contributed by atoms with Crippen molar-refractivity contribution < 1.29 is 14.3 Å². The van der Waals surface area contributed by atoms with Crippen LogP contribution in [0.25, 0.3) is 0 Å². The molecule has 2 N–H and O–H groups in total. The van der Waals surface area contributed by atoms with Gasteiger partial charge in [0.1, 0.15) is 5.75 Å². The summed E-state index contributed by atoms with van der Waals surface area (Å²) in [7, 11) is 0. The summed E-state index contributed by atoms with van der Waals surface area (Å²) < 4.78 is 5.49. The molecule has 2 amide bonds. The smallest absolute Gasteiger partial charge is 0.265 e. The number of benzene rings is 2. The van der Waals surface area contributed by atoms with E-state index >= 15 is 0 Å². The van der Waals surface area contributed by atoms with Crippen molar-refractivity contribution in [2.24, 2.45) is 0 Å². The van der Waals surface area contributed by atoms with E-state index in [1.165, 1.54) is 0 Å². The molecular weight excluding hydrogens is 292 g/mol. The Kier molecular flexibility index (Phi) is 4.02. The lowest BCUT2D eigenvalue weighted by Gasteiger charge is -2.23. The molecule has 3 rings (SSSR count). The van der Waals surface area contributed by atoms with Gasteiger partial charge in [-0.2, -0.15) is 0 Å². The molecule has 2 aromatic rings. The standard InChI is InChI=1S/C18H18N2O3/c1-11-3-5-13(6-4-11)9-17(21)19-14-7-8-16-15(10-14)20-18(22)12(2)23-16/h3-8,10,12H,9H2,1-2H3,(H,19,21)(H,20,22)/t12-/m1/s1. The van der Waals surface area contributed by atoms with Crippen LogP contribution in [0.1, 0.15) is 18.1 Å². The maximum atomic E-state index is 12.1. The van der Waals surface area contributed by atoms with E-state index in [0.29, 0.717) is 23.5 Å². The van der Waals surface area contributed by atoms with Gasteiger partial charge in [0.2, 0.25) is 5.91 Å². The van der Waals surface area contributed by atoms with Crippen LogP contribution >= 0.6 is 0 Å². The topological polar surface area (TPSA) is 67.4 Å². The van der Waals surface area contributed by atoms with Crippen LogP contribution in [0, 0.1) is 6.92 Å². The lowest BCUT2D eigenvalue weighted by atomic mass is 10.1. The number of anilines is 2. The largest absolute Gasteiger partial charge is 0.479 e. The lowest BCUT2D eigenvalue weighted by molar-refractivity contribution is -0.122. The molecule has 0 radical (unpaired) electrons. The molecule has 1 aliphatic heterocycles. The molecule has 0 aromatic heterocycles. The molecule has 118 valence electrons. The number of carbonyl (C=O) groups excluding carboxylic acids is 2. The molecule has 2 aromatic carbocycles. The molecule has 0 saturated carbocycles. The molecule has 0 saturated heterocycles. The zero-order valence-electron chi connectivity index (χ0n) is 13.1. The third-order valence-electron chi connectivity index (χ3n) is 3.68. The SMILES string of the molecule is Cc1ccc(CC(=O)Nc2ccc3c(c2)NC(=O)[C@@H](C)O3)cc1. The van der Waals surface area contributed by atoms with Gasteiger partial charge in [0, 0.05) is 5.69 Å². The summed E-state index contributed by atoms with van der Waals surface area (Å²) in [6, 6.07) is 13.1. The molecular formula is C18H18N2O3. The van der Waals surface area contributed by atoms with Crippen molar-refractivity contribution in [3.05, 3.63) is 53.6 Å². The lowest BCUT2D eigenvalue weighted by Crippen LogP contribution is -2.34. The van der Waals surface area contributed by atoms with Gasteiger partial charge in [0.25, 0.3) is 5.91 Å². The molecule has 1 heterocycles. The van der Waals surface area contributed by atoms with E-state index in [0.717, 1.165) is 11.1 Å². The second kappa shape index (κ2) is 6.12. The number of carbonyl (C=O) groups is 2. The van der Waals surface area contributed by atoms with Gasteiger partial charge in [0.15, 0.2) is 6.10 Å². The molecule has 23 heavy (non-hydrogen) atoms. The molecule has 0 aliphatic carbocycles. The van der Waals surface area contributed by atoms with E-state index in [2.05, 4.69) is 10.6 Å². The number of hydrogen-bond acceptors (Lipinski definition) is 3. The zero-order chi connectivity index (χ0) is 16.4. The minimum atomic E-state index is -0.510. The Hall–Kier alpha value is -2.82. The van der Waals surface area contributed by atoms with E-state index in [1.807, 2.05) is 31.2 Å². The van der Waals surface area contributed by atoms with E-state index in [-0.39, 0.29) is 11.8 Å². The van der Waals surface area contributed by atoms with Gasteiger partial charge in [-0.1, -0.05) is 29.8 Å². The molecule has 5 heteroatoms. The van der Waals surface area contributed by atoms with E-state index in [1.54, 1.807) is 25.1 Å². The number of aryl methyl sites for hydroxylation is 1. The summed E-state index contributed by atoms with van der Waals surface area (Å²) in [5.41, 5.74) is 3.31. The first-order valence-electron chi connectivity index (χ1n) is 7.48. The molecule has 0 unspecified atom stereocenters. The van der Waals surface area contributed by atoms with Gasteiger partial charge in [0.05, 0.1) is 12.1 Å². The molecule has 1 atom stereocenters. The van der Waals surface area contributed by atoms with Crippen molar-refractivity contribution >= 4 is 23.2 Å². The normalized spacial score (nSPS) is 16.1. The quantitative estimate of drug-likeness (QED) is 0.916. The van der Waals surface area contributed by atoms with Crippen molar-refractivity contribution in [2.45, 2.75) is 26.4 Å². The highest BCUT2D eigenvalue weighted by molar-refractivity contribution is 5.99. The van der Waals surface area contributed by atoms with Crippen molar-refractivity contribution in [1.29, 1.82) is 0 Å². The maximum absolute atomic E-state index is 12.1. The van der Waals surface area contributed by atoms with Gasteiger partial charge in [-0.15, -0.1) is 0 Å². The van der Waals surface area contributed by atoms with Gasteiger partial charge >= 0.3 is 0 Å². The van der Waals surface area contributed by atoms with Gasteiger partial charge in [-0.3, -0.25) is 9.59 Å². The Morgan fingerprint density at radius 3 is 2.70 bits per heavy atom. The number of fused-ring (bicyclic) bond motifs is 1. The summed E-state index contributed by atoms with van der Waals surface area (Å²) >= 11 is 0. The number of ether oxygens (including phenoxy) is 1. The second-order valence-corrected chi connectivity index (χ2v) is 5.67. The summed E-state index contributed by atoms with van der Waals surface area (Å²) in [5.74, 6) is 0.305. The van der Waals surface area contributed by atoms with Crippen LogP contribution in [-0.4, -0.2) is 17.9 Å². The average Bonchev–Trinajstić information content (AvgIpc) is 2.51. The van der Waals surface area contributed by atoms with Gasteiger partial charge in [-0.05, 0) is 37.6 Å². The highest BCUT2D eigenvalue weighted by Crippen LogP contribution is 2.32. The van der Waals surface area contributed by atoms with E-state index in [9.17, 15) is 9.59 Å². The maximum Gasteiger partial charge on any atom is 0.265 e. The molecule has 0 spiro atoms. The van der Waals surface area contributed by atoms with E-state index in [4.69, 9.17) is 4.74 Å². The summed E-state index contributed by atoms with van der Waals surface area (Å²) in [6.45, 7) is 3.70. The van der Waals surface area contributed by atoms with Crippen molar-refractivity contribution in [3.8, 4) is 5.75 Å². The van der Waals surface area contributed by atoms with Gasteiger partial charge in [-0.25, -0.2) is 0 Å². The minimum Gasteiger partial charge on any atom is -0.479 e. The number of hydrogen-bond donors (Lipinski definition) is 2. The van der Waals surface area contributed by atoms with Crippen LogP contribution in [0.2, 0.25) is 0 Å². The fraction of sp³-hybridized carbons (Fsp3) is 0.222. The van der Waals surface area contributed by atoms with Crippen molar-refractivity contribution in [3.63, 3.8) is 0 Å². The highest BCUT2D eigenvalue weighted by Gasteiger charge is 2.23. The van der Waals surface area contributed by atoms with Crippen molar-refractivity contribution in [1.82, 2.24) is 0 Å². The predicted molar refractivity (Wildman–Crippen MR) is 88.7 cm³/mol. The van der Waals surface area contributed by atoms with E-state index < -0.39 is 6.10 Å². The first kappa shape index (κ1) is 15.1. The van der Waals surface area contributed by atoms with Crippen LogP contribution < -0.4 is 15.4 Å². The van der Waals surface area contributed by atoms with Crippen LogP contribution in [0.3, 0.4) is 0 Å². The Balaban J connectivity index is 1.68. The van der Waals surface area contributed by atoms with Crippen LogP contribution in [0.4, 0.5) is 11.4 Å². The Morgan fingerprint density at radius 1 is 1.22 bits per heavy atom. The third-order valence-corrected chi connectivity index (χ3v) is 3.68. The average molecular weight is 310 g/mol. The fourth-order valence-electron chi connectivity index (χ4n) is 2.38. The van der Waals surface area contributed by atoms with Crippen LogP contribution in [-0.2, 0) is 16.0 Å². The Morgan fingerprint density at radius 2 is 1.96 bits per heavy atom. The minimum absolute atomic E-state index is 0.106. The van der Waals surface area contributed by atoms with Gasteiger partial charge < -0.3 is 15.4 Å². The highest BCUT2D eigenvalue weighted by atomic mass is 16.5. The molecule has 0 fully saturated rings. The number of nitrogens with one attached hydrogen (secondary N) is 2. The Labute approximate surface area is 134 Å². The van der Waals surface area contributed by atoms with Crippen LogP contribution in [0.15, 0.2) is 42.5 Å². The molecule has 1 aliphatic rings. The molecule has 5 nitrogen and oxygen atoms in total. The first-order valence-corrected chi connectivity index (χ1v) is 7.48. The summed E-state index contributed by atoms with van der Waals surface area (Å²) in [4.78, 5) is 23.8. The first-order chi connectivity index (χ1) is 11.0. The molecule has 0 bridgehead atoms. The second-order valence-electron chi connectivity index (χ2n) is 5.67. The summed E-state index contributed by atoms with van der Waals surface area (Å²) in [6.07, 6.45) is -0.207. The van der Waals surface area contributed by atoms with Crippen molar-refractivity contribution in [2.75, 3.05) is 10.6 Å². The third kappa shape index (κ3) is 3.51. The van der Waals surface area contributed by atoms with Crippen LogP contribution in [0.5, 0.6) is 5.75 Å². The summed E-state index contributed by atoms with van der Waals surface area (Å²) in [5, 5.41) is 5.60. The predicted octanol–water partition coefficient (Wildman–Crippen LogP) is 2.90. The Bertz CT molecular complexity index is 753.